The van der Waals surface area contributed by atoms with Crippen molar-refractivity contribution < 1.29 is 9.53 Å². The summed E-state index contributed by atoms with van der Waals surface area (Å²) in [7, 11) is -1.43. The molecule has 0 saturated heterocycles. The highest BCUT2D eigenvalue weighted by Crippen LogP contribution is 2.14. The summed E-state index contributed by atoms with van der Waals surface area (Å²) in [5.74, 6) is 0.586. The fourth-order valence-electron chi connectivity index (χ4n) is 2.09. The van der Waals surface area contributed by atoms with E-state index in [-0.39, 0.29) is 18.0 Å². The maximum Gasteiger partial charge on any atom is 0.264 e. The van der Waals surface area contributed by atoms with Gasteiger partial charge in [-0.25, -0.2) is 4.98 Å². The van der Waals surface area contributed by atoms with Crippen molar-refractivity contribution in [2.75, 3.05) is 0 Å². The third kappa shape index (κ3) is 3.17. The molecule has 118 valence electrons. The quantitative estimate of drug-likeness (QED) is 0.628. The summed E-state index contributed by atoms with van der Waals surface area (Å²) in [5, 5.41) is 0.354. The molecule has 0 aliphatic rings. The summed E-state index contributed by atoms with van der Waals surface area (Å²) in [6, 6.07) is 5.10. The Balaban J connectivity index is 2.47. The number of fused-ring (bicyclic) bond motifs is 1. The van der Waals surface area contributed by atoms with Crippen molar-refractivity contribution in [3.8, 4) is 0 Å². The lowest BCUT2D eigenvalue weighted by atomic mass is 10.1. The average molecular weight is 318 g/mol. The molecule has 0 N–H and O–H groups in total. The largest absolute Gasteiger partial charge is 0.361 e. The van der Waals surface area contributed by atoms with E-state index in [1.165, 1.54) is 4.57 Å². The lowest BCUT2D eigenvalue weighted by molar-refractivity contribution is 0.0528. The molecule has 22 heavy (non-hydrogen) atoms. The molecule has 6 heteroatoms. The van der Waals surface area contributed by atoms with Gasteiger partial charge in [-0.05, 0) is 19.9 Å². The van der Waals surface area contributed by atoms with E-state index in [4.69, 9.17) is 4.74 Å². The maximum absolute atomic E-state index is 12.7. The lowest BCUT2D eigenvalue weighted by Crippen LogP contribution is -2.39. The van der Waals surface area contributed by atoms with E-state index in [9.17, 15) is 9.59 Å². The Hall–Kier alpha value is -1.79. The summed E-state index contributed by atoms with van der Waals surface area (Å²) >= 11 is 0. The highest BCUT2D eigenvalue weighted by Gasteiger charge is 2.23. The third-order valence-corrected chi connectivity index (χ3v) is 6.61. The van der Waals surface area contributed by atoms with Gasteiger partial charge in [-0.3, -0.25) is 14.2 Å². The maximum atomic E-state index is 12.7. The zero-order valence-electron chi connectivity index (χ0n) is 13.7. The predicted octanol–water partition coefficient (Wildman–Crippen LogP) is 2.76. The molecule has 0 bridgehead atoms. The van der Waals surface area contributed by atoms with Gasteiger partial charge in [0, 0.05) is 11.3 Å². The van der Waals surface area contributed by atoms with E-state index < -0.39 is 8.07 Å². The number of carbonyl (C=O) groups excluding carboxylic acids is 1. The monoisotopic (exact) mass is 318 g/mol. The van der Waals surface area contributed by atoms with Gasteiger partial charge in [-0.2, -0.15) is 0 Å². The molecule has 1 atom stereocenters. The van der Waals surface area contributed by atoms with Crippen molar-refractivity contribution >= 4 is 25.3 Å². The molecule has 2 rings (SSSR count). The molecule has 0 saturated carbocycles. The average Bonchev–Trinajstić information content (AvgIpc) is 2.44. The molecule has 1 unspecified atom stereocenters. The molecule has 0 spiro atoms. The van der Waals surface area contributed by atoms with E-state index in [1.54, 1.807) is 25.1 Å². The highest BCUT2D eigenvalue weighted by molar-refractivity contribution is 6.77. The Kier molecular flexibility index (Phi) is 4.62. The minimum absolute atomic E-state index is 0.121. The van der Waals surface area contributed by atoms with Crippen LogP contribution in [0.5, 0.6) is 0 Å². The van der Waals surface area contributed by atoms with Gasteiger partial charge in [0.2, 0.25) is 0 Å². The number of nitrogens with zero attached hydrogens (tertiary/aromatic N) is 2. The van der Waals surface area contributed by atoms with Crippen molar-refractivity contribution in [3.05, 3.63) is 39.9 Å². The molecule has 0 radical (unpaired) electrons. The van der Waals surface area contributed by atoms with Crippen LogP contribution in [0.25, 0.3) is 10.9 Å². The van der Waals surface area contributed by atoms with Crippen molar-refractivity contribution in [2.45, 2.75) is 45.9 Å². The van der Waals surface area contributed by atoms with Gasteiger partial charge < -0.3 is 4.74 Å². The van der Waals surface area contributed by atoms with Crippen LogP contribution in [0.15, 0.2) is 23.0 Å². The number of hydrogen-bond acceptors (Lipinski definition) is 4. The smallest absolute Gasteiger partial charge is 0.264 e. The standard InChI is InChI=1S/C16H22N2O3Si/c1-11-17-14-8-6-7-13(9-19)15(14)16(20)18(11)10-21-12(2)22(3,4)5/h6-9,12H,10H2,1-5H3. The SMILES string of the molecule is Cc1nc2cccc(C=O)c2c(=O)n1COC(C)[Si](C)(C)C. The molecule has 1 heterocycles. The summed E-state index contributed by atoms with van der Waals surface area (Å²) < 4.78 is 7.36. The molecule has 0 fully saturated rings. The van der Waals surface area contributed by atoms with Crippen LogP contribution in [0.4, 0.5) is 0 Å². The number of ether oxygens (including phenoxy) is 1. The lowest BCUT2D eigenvalue weighted by Gasteiger charge is -2.26. The van der Waals surface area contributed by atoms with Gasteiger partial charge in [0.1, 0.15) is 12.6 Å². The van der Waals surface area contributed by atoms with Crippen LogP contribution >= 0.6 is 0 Å². The summed E-state index contributed by atoms with van der Waals surface area (Å²) in [5.41, 5.74) is 0.798. The van der Waals surface area contributed by atoms with E-state index in [1.807, 2.05) is 6.92 Å². The van der Waals surface area contributed by atoms with Crippen LogP contribution < -0.4 is 5.56 Å². The number of aldehydes is 1. The Labute approximate surface area is 130 Å². The van der Waals surface area contributed by atoms with E-state index in [0.29, 0.717) is 28.6 Å². The van der Waals surface area contributed by atoms with Gasteiger partial charge in [-0.15, -0.1) is 0 Å². The van der Waals surface area contributed by atoms with Gasteiger partial charge in [0.15, 0.2) is 6.29 Å². The molecule has 1 aromatic heterocycles. The number of aromatic nitrogens is 2. The number of aryl methyl sites for hydroxylation is 1. The molecule has 0 amide bonds. The fraction of sp³-hybridized carbons (Fsp3) is 0.438. The first kappa shape index (κ1) is 16.6. The molecule has 5 nitrogen and oxygen atoms in total. The first-order valence-corrected chi connectivity index (χ1v) is 10.9. The second-order valence-corrected chi connectivity index (χ2v) is 12.1. The van der Waals surface area contributed by atoms with Gasteiger partial charge >= 0.3 is 0 Å². The Morgan fingerprint density at radius 2 is 2.05 bits per heavy atom. The van der Waals surface area contributed by atoms with E-state index in [2.05, 4.69) is 24.6 Å². The second kappa shape index (κ2) is 6.14. The van der Waals surface area contributed by atoms with E-state index in [0.717, 1.165) is 0 Å². The van der Waals surface area contributed by atoms with Crippen LogP contribution in [0.3, 0.4) is 0 Å². The normalized spacial score (nSPS) is 13.3. The van der Waals surface area contributed by atoms with Crippen LogP contribution in [0, 0.1) is 6.92 Å². The Morgan fingerprint density at radius 1 is 1.36 bits per heavy atom. The minimum atomic E-state index is -1.43. The Morgan fingerprint density at radius 3 is 2.64 bits per heavy atom. The van der Waals surface area contributed by atoms with E-state index >= 15 is 0 Å². The highest BCUT2D eigenvalue weighted by atomic mass is 28.3. The zero-order valence-corrected chi connectivity index (χ0v) is 14.7. The second-order valence-electron chi connectivity index (χ2n) is 6.56. The van der Waals surface area contributed by atoms with Crippen LogP contribution in [0.1, 0.15) is 23.1 Å². The van der Waals surface area contributed by atoms with Gasteiger partial charge in [0.25, 0.3) is 5.56 Å². The Bertz CT molecular complexity index is 762. The van der Waals surface area contributed by atoms with Crippen molar-refractivity contribution in [1.82, 2.24) is 9.55 Å². The first-order valence-electron chi connectivity index (χ1n) is 7.32. The molecule has 0 aliphatic heterocycles. The van der Waals surface area contributed by atoms with Crippen molar-refractivity contribution in [3.63, 3.8) is 0 Å². The number of rotatable bonds is 5. The molecular weight excluding hydrogens is 296 g/mol. The van der Waals surface area contributed by atoms with Crippen LogP contribution in [-0.2, 0) is 11.5 Å². The molecule has 2 aromatic rings. The predicted molar refractivity (Wildman–Crippen MR) is 90.0 cm³/mol. The van der Waals surface area contributed by atoms with Crippen LogP contribution in [-0.4, -0.2) is 29.6 Å². The molecule has 0 aliphatic carbocycles. The third-order valence-electron chi connectivity index (χ3n) is 4.01. The van der Waals surface area contributed by atoms with Crippen LogP contribution in [0.2, 0.25) is 19.6 Å². The minimum Gasteiger partial charge on any atom is -0.361 e. The first-order chi connectivity index (χ1) is 10.3. The van der Waals surface area contributed by atoms with Gasteiger partial charge in [-0.1, -0.05) is 31.8 Å². The topological polar surface area (TPSA) is 61.2 Å². The van der Waals surface area contributed by atoms with Crippen molar-refractivity contribution in [2.24, 2.45) is 0 Å². The zero-order chi connectivity index (χ0) is 16.5. The summed E-state index contributed by atoms with van der Waals surface area (Å²) in [4.78, 5) is 28.3. The number of benzene rings is 1. The van der Waals surface area contributed by atoms with Gasteiger partial charge in [0.05, 0.1) is 19.0 Å². The summed E-state index contributed by atoms with van der Waals surface area (Å²) in [6.07, 6.45) is 0.691. The number of carbonyl (C=O) groups is 1. The van der Waals surface area contributed by atoms with Crippen molar-refractivity contribution in [1.29, 1.82) is 0 Å². The molecular formula is C16H22N2O3Si. The molecule has 1 aromatic carbocycles. The summed E-state index contributed by atoms with van der Waals surface area (Å²) in [6.45, 7) is 10.6. The fourth-order valence-corrected chi connectivity index (χ4v) is 2.66. The number of hydrogen-bond donors (Lipinski definition) is 0.